The fourth-order valence-corrected chi connectivity index (χ4v) is 2.59. The van der Waals surface area contributed by atoms with Crippen molar-refractivity contribution in [2.24, 2.45) is 0 Å². The van der Waals surface area contributed by atoms with E-state index in [0.717, 1.165) is 0 Å². The second-order valence-corrected chi connectivity index (χ2v) is 6.17. The third-order valence-electron chi connectivity index (χ3n) is 4.37. The minimum atomic E-state index is -0.477. The highest BCUT2D eigenvalue weighted by Crippen LogP contribution is 2.23. The van der Waals surface area contributed by atoms with Crippen LogP contribution in [0.3, 0.4) is 0 Å². The minimum absolute atomic E-state index is 0.0333. The van der Waals surface area contributed by atoms with Gasteiger partial charge >= 0.3 is 0 Å². The lowest BCUT2D eigenvalue weighted by atomic mass is 10.1. The van der Waals surface area contributed by atoms with Gasteiger partial charge in [-0.1, -0.05) is 12.1 Å². The lowest BCUT2D eigenvalue weighted by Gasteiger charge is -2.25. The molecule has 0 aliphatic heterocycles. The van der Waals surface area contributed by atoms with E-state index in [0.29, 0.717) is 23.5 Å². The molecule has 1 N–H and O–H groups in total. The number of amides is 2. The van der Waals surface area contributed by atoms with Gasteiger partial charge in [-0.3, -0.25) is 19.7 Å². The van der Waals surface area contributed by atoms with Crippen LogP contribution in [0.25, 0.3) is 0 Å². The molecule has 0 saturated carbocycles. The molecule has 2 rings (SSSR count). The normalized spacial score (nSPS) is 11.4. The Bertz CT molecular complexity index is 851. The van der Waals surface area contributed by atoms with Crippen LogP contribution in [0.1, 0.15) is 35.8 Å². The van der Waals surface area contributed by atoms with Crippen molar-refractivity contribution < 1.29 is 19.2 Å². The number of carbonyl (C=O) groups excluding carboxylic acids is 2. The Morgan fingerprint density at radius 3 is 2.50 bits per heavy atom. The molecular weight excluding hydrogens is 362 g/mol. The Balaban J connectivity index is 1.95. The number of nitro benzene ring substituents is 1. The van der Waals surface area contributed by atoms with E-state index >= 15 is 0 Å². The maximum absolute atomic E-state index is 12.4. The van der Waals surface area contributed by atoms with Crippen molar-refractivity contribution in [3.63, 3.8) is 0 Å². The summed E-state index contributed by atoms with van der Waals surface area (Å²) in [6, 6.07) is 12.4. The van der Waals surface area contributed by atoms with Crippen LogP contribution in [0.2, 0.25) is 0 Å². The molecule has 0 heterocycles. The maximum Gasteiger partial charge on any atom is 0.269 e. The zero-order valence-electron chi connectivity index (χ0n) is 16.0. The Morgan fingerprint density at radius 2 is 1.89 bits per heavy atom. The molecule has 0 aromatic heterocycles. The van der Waals surface area contributed by atoms with E-state index < -0.39 is 4.92 Å². The standard InChI is InChI=1S/C20H23N3O5/c1-4-28-18-10-8-15(9-11-18)20(25)21-13-19(24)22(3)14(2)16-6-5-7-17(12-16)23(26)27/h5-12,14H,4,13H2,1-3H3,(H,21,25)/t14-/m0/s1. The number of carbonyl (C=O) groups is 2. The first-order valence-electron chi connectivity index (χ1n) is 8.84. The molecule has 148 valence electrons. The number of hydrogen-bond acceptors (Lipinski definition) is 5. The first kappa shape index (κ1) is 20.9. The monoisotopic (exact) mass is 385 g/mol. The van der Waals surface area contributed by atoms with E-state index in [-0.39, 0.29) is 30.1 Å². The molecule has 0 saturated heterocycles. The molecular formula is C20H23N3O5. The van der Waals surface area contributed by atoms with Gasteiger partial charge in [0.05, 0.1) is 24.1 Å². The number of likely N-dealkylation sites (N-methyl/N-ethyl adjacent to an activating group) is 1. The van der Waals surface area contributed by atoms with E-state index in [1.165, 1.54) is 17.0 Å². The smallest absolute Gasteiger partial charge is 0.269 e. The summed E-state index contributed by atoms with van der Waals surface area (Å²) in [7, 11) is 1.59. The number of hydrogen-bond donors (Lipinski definition) is 1. The van der Waals surface area contributed by atoms with E-state index in [1.807, 2.05) is 6.92 Å². The number of nitrogens with one attached hydrogen (secondary N) is 1. The predicted octanol–water partition coefficient (Wildman–Crippen LogP) is 2.94. The van der Waals surface area contributed by atoms with Gasteiger partial charge in [0.2, 0.25) is 5.91 Å². The third-order valence-corrected chi connectivity index (χ3v) is 4.37. The van der Waals surface area contributed by atoms with Gasteiger partial charge in [0.15, 0.2) is 0 Å². The minimum Gasteiger partial charge on any atom is -0.494 e. The van der Waals surface area contributed by atoms with E-state index in [9.17, 15) is 19.7 Å². The molecule has 0 aliphatic carbocycles. The van der Waals surface area contributed by atoms with Crippen LogP contribution in [-0.2, 0) is 4.79 Å². The maximum atomic E-state index is 12.4. The summed E-state index contributed by atoms with van der Waals surface area (Å²) in [6.07, 6.45) is 0. The molecule has 1 atom stereocenters. The van der Waals surface area contributed by atoms with Crippen molar-refractivity contribution in [2.75, 3.05) is 20.2 Å². The van der Waals surface area contributed by atoms with Crippen molar-refractivity contribution in [3.8, 4) is 5.75 Å². The Morgan fingerprint density at radius 1 is 1.21 bits per heavy atom. The Hall–Kier alpha value is -3.42. The van der Waals surface area contributed by atoms with Gasteiger partial charge in [0.1, 0.15) is 5.75 Å². The van der Waals surface area contributed by atoms with Crippen LogP contribution in [0.15, 0.2) is 48.5 Å². The molecule has 0 spiro atoms. The van der Waals surface area contributed by atoms with Gasteiger partial charge in [0.25, 0.3) is 11.6 Å². The van der Waals surface area contributed by atoms with E-state index in [1.54, 1.807) is 50.4 Å². The van der Waals surface area contributed by atoms with Gasteiger partial charge in [-0.2, -0.15) is 0 Å². The zero-order chi connectivity index (χ0) is 20.7. The van der Waals surface area contributed by atoms with Gasteiger partial charge < -0.3 is 15.0 Å². The number of benzene rings is 2. The van der Waals surface area contributed by atoms with Gasteiger partial charge in [-0.15, -0.1) is 0 Å². The Labute approximate surface area is 163 Å². The van der Waals surface area contributed by atoms with Crippen LogP contribution >= 0.6 is 0 Å². The lowest BCUT2D eigenvalue weighted by Crippen LogP contribution is -2.39. The van der Waals surface area contributed by atoms with Crippen LogP contribution in [0, 0.1) is 10.1 Å². The highest BCUT2D eigenvalue weighted by Gasteiger charge is 2.20. The number of nitro groups is 1. The molecule has 2 aromatic rings. The average molecular weight is 385 g/mol. The summed E-state index contributed by atoms with van der Waals surface area (Å²) in [6.45, 7) is 4.00. The van der Waals surface area contributed by atoms with Gasteiger partial charge in [-0.25, -0.2) is 0 Å². The first-order chi connectivity index (χ1) is 13.3. The number of non-ortho nitro benzene ring substituents is 1. The summed E-state index contributed by atoms with van der Waals surface area (Å²) in [4.78, 5) is 36.5. The van der Waals surface area contributed by atoms with Gasteiger partial charge in [-0.05, 0) is 43.7 Å². The number of ether oxygens (including phenoxy) is 1. The molecule has 2 amide bonds. The average Bonchev–Trinajstić information content (AvgIpc) is 2.71. The highest BCUT2D eigenvalue weighted by atomic mass is 16.6. The Kier molecular flexibility index (Phi) is 7.08. The van der Waals surface area contributed by atoms with Crippen molar-refractivity contribution in [3.05, 3.63) is 69.8 Å². The molecule has 8 nitrogen and oxygen atoms in total. The third kappa shape index (κ3) is 5.29. The number of nitrogens with zero attached hydrogens (tertiary/aromatic N) is 2. The topological polar surface area (TPSA) is 102 Å². The quantitative estimate of drug-likeness (QED) is 0.556. The molecule has 2 aromatic carbocycles. The molecule has 0 fully saturated rings. The largest absolute Gasteiger partial charge is 0.494 e. The number of rotatable bonds is 8. The van der Waals surface area contributed by atoms with Crippen molar-refractivity contribution in [1.29, 1.82) is 0 Å². The second kappa shape index (κ2) is 9.50. The summed E-state index contributed by atoms with van der Waals surface area (Å²) in [5, 5.41) is 13.5. The fourth-order valence-electron chi connectivity index (χ4n) is 2.59. The SMILES string of the molecule is CCOc1ccc(C(=O)NCC(=O)N(C)[C@@H](C)c2cccc([N+](=O)[O-])c2)cc1. The highest BCUT2D eigenvalue weighted by molar-refractivity contribution is 5.96. The molecule has 0 bridgehead atoms. The van der Waals surface area contributed by atoms with Crippen molar-refractivity contribution >= 4 is 17.5 Å². The molecule has 8 heteroatoms. The molecule has 28 heavy (non-hydrogen) atoms. The first-order valence-corrected chi connectivity index (χ1v) is 8.84. The summed E-state index contributed by atoms with van der Waals surface area (Å²) in [5.74, 6) is -0.00766. The van der Waals surface area contributed by atoms with Crippen molar-refractivity contribution in [2.45, 2.75) is 19.9 Å². The van der Waals surface area contributed by atoms with Crippen LogP contribution in [-0.4, -0.2) is 41.8 Å². The fraction of sp³-hybridized carbons (Fsp3) is 0.300. The predicted molar refractivity (Wildman–Crippen MR) is 104 cm³/mol. The lowest BCUT2D eigenvalue weighted by molar-refractivity contribution is -0.384. The van der Waals surface area contributed by atoms with Crippen LogP contribution < -0.4 is 10.1 Å². The van der Waals surface area contributed by atoms with Crippen molar-refractivity contribution in [1.82, 2.24) is 10.2 Å². The molecule has 0 aliphatic rings. The molecule has 0 radical (unpaired) electrons. The van der Waals surface area contributed by atoms with E-state index in [2.05, 4.69) is 5.32 Å². The summed E-state index contributed by atoms with van der Waals surface area (Å²) >= 11 is 0. The zero-order valence-corrected chi connectivity index (χ0v) is 16.0. The second-order valence-electron chi connectivity index (χ2n) is 6.17. The summed E-state index contributed by atoms with van der Waals surface area (Å²) in [5.41, 5.74) is 1.03. The van der Waals surface area contributed by atoms with E-state index in [4.69, 9.17) is 4.74 Å². The van der Waals surface area contributed by atoms with Crippen LogP contribution in [0.5, 0.6) is 5.75 Å². The molecule has 0 unspecified atom stereocenters. The van der Waals surface area contributed by atoms with Gasteiger partial charge in [0, 0.05) is 24.7 Å². The summed E-state index contributed by atoms with van der Waals surface area (Å²) < 4.78 is 5.33. The van der Waals surface area contributed by atoms with Crippen LogP contribution in [0.4, 0.5) is 5.69 Å².